The number of unbranched alkanes of at least 4 members (excludes halogenated alkanes) is 4. The number of ether oxygens (including phenoxy) is 2. The second-order valence-corrected chi connectivity index (χ2v) is 14.1. The van der Waals surface area contributed by atoms with Gasteiger partial charge in [-0.1, -0.05) is 46.5 Å². The van der Waals surface area contributed by atoms with E-state index in [1.807, 2.05) is 6.92 Å². The van der Waals surface area contributed by atoms with E-state index in [9.17, 15) is 9.90 Å². The van der Waals surface area contributed by atoms with Crippen LogP contribution in [0.2, 0.25) is 0 Å². The van der Waals surface area contributed by atoms with E-state index in [0.717, 1.165) is 91.9 Å². The molecule has 8 bridgehead atoms. The van der Waals surface area contributed by atoms with Crippen molar-refractivity contribution in [2.45, 2.75) is 112 Å². The fourth-order valence-corrected chi connectivity index (χ4v) is 8.06. The number of rotatable bonds is 12. The van der Waals surface area contributed by atoms with Crippen LogP contribution in [-0.4, -0.2) is 48.0 Å². The maximum Gasteiger partial charge on any atom is 0.305 e. The summed E-state index contributed by atoms with van der Waals surface area (Å²) in [5, 5.41) is 15.1. The zero-order chi connectivity index (χ0) is 35.0. The van der Waals surface area contributed by atoms with Crippen molar-refractivity contribution in [1.82, 2.24) is 5.32 Å². The Balaban J connectivity index is 1.48. The molecule has 2 N–H and O–H groups in total. The maximum absolute atomic E-state index is 12.3. The standard InChI is InChI=1S/C41H52N4O4/c1-9-11-12-13-14-17-49-26(7)38-24(5)32-20-34-27(10-2)22(3)30(42-34)19-31-23(4)28(15-16-37(47)48-8)40(44-31)29-18-36(46)39-25(6)33(45-41(29)39)21-35(38)43-32/h19-21,23,26,28,44,46H,9-18H2,1-8H3/t23-,26?,28-/m0/s1. The smallest absolute Gasteiger partial charge is 0.305 e. The number of carbonyl (C=O) groups excluding carboxylic acids is 1. The second-order valence-electron chi connectivity index (χ2n) is 14.1. The van der Waals surface area contributed by atoms with Gasteiger partial charge in [0.25, 0.3) is 0 Å². The minimum absolute atomic E-state index is 0.0271. The average molecular weight is 665 g/mol. The number of aliphatic hydroxyl groups is 1. The van der Waals surface area contributed by atoms with Gasteiger partial charge in [-0.15, -0.1) is 0 Å². The van der Waals surface area contributed by atoms with Gasteiger partial charge in [-0.05, 0) is 87.5 Å². The first-order chi connectivity index (χ1) is 23.6. The van der Waals surface area contributed by atoms with E-state index in [0.29, 0.717) is 31.6 Å². The minimum Gasteiger partial charge on any atom is -0.511 e. The van der Waals surface area contributed by atoms with Crippen molar-refractivity contribution in [3.63, 3.8) is 0 Å². The SMILES string of the molecule is CCCCCCCOC(C)C1=C(C)C2=NC1=CC1=C(C)C3=C(O)CC(=C4NC(=CC5=NC(=C2)C(CC)=C5C)[C@@H](C)[C@@H]4CCC(=O)OC)C3=N1. The molecular weight excluding hydrogens is 612 g/mol. The number of methoxy groups -OCH3 is 1. The van der Waals surface area contributed by atoms with E-state index in [1.54, 1.807) is 0 Å². The van der Waals surface area contributed by atoms with Crippen molar-refractivity contribution >= 4 is 23.1 Å². The molecule has 3 atom stereocenters. The van der Waals surface area contributed by atoms with E-state index in [1.165, 1.54) is 38.4 Å². The Morgan fingerprint density at radius 3 is 2.45 bits per heavy atom. The van der Waals surface area contributed by atoms with Crippen LogP contribution in [-0.2, 0) is 14.3 Å². The normalized spacial score (nSPS) is 23.6. The molecule has 0 spiro atoms. The summed E-state index contributed by atoms with van der Waals surface area (Å²) in [6.07, 6.45) is 14.3. The van der Waals surface area contributed by atoms with E-state index < -0.39 is 0 Å². The van der Waals surface area contributed by atoms with Gasteiger partial charge in [0.05, 0.1) is 47.4 Å². The molecule has 1 saturated heterocycles. The van der Waals surface area contributed by atoms with E-state index in [2.05, 4.69) is 65.1 Å². The molecule has 6 rings (SSSR count). The Morgan fingerprint density at radius 2 is 1.71 bits per heavy atom. The first kappa shape index (κ1) is 34.8. The van der Waals surface area contributed by atoms with Crippen LogP contribution in [0.1, 0.15) is 106 Å². The van der Waals surface area contributed by atoms with Crippen LogP contribution in [0.3, 0.4) is 0 Å². The number of allylic oxidation sites excluding steroid dienone is 11. The van der Waals surface area contributed by atoms with Crippen LogP contribution >= 0.6 is 0 Å². The molecule has 0 amide bonds. The van der Waals surface area contributed by atoms with Gasteiger partial charge in [0.2, 0.25) is 0 Å². The summed E-state index contributed by atoms with van der Waals surface area (Å²) in [5.41, 5.74) is 14.5. The molecular formula is C41H52N4O4. The monoisotopic (exact) mass is 664 g/mol. The largest absolute Gasteiger partial charge is 0.511 e. The molecule has 1 aliphatic carbocycles. The summed E-state index contributed by atoms with van der Waals surface area (Å²) in [6, 6.07) is 0. The van der Waals surface area contributed by atoms with Crippen LogP contribution in [0.4, 0.5) is 0 Å². The van der Waals surface area contributed by atoms with Gasteiger partial charge in [0.1, 0.15) is 5.76 Å². The molecule has 1 unspecified atom stereocenters. The van der Waals surface area contributed by atoms with Gasteiger partial charge in [0.15, 0.2) is 0 Å². The lowest BCUT2D eigenvalue weighted by molar-refractivity contribution is -0.140. The van der Waals surface area contributed by atoms with Gasteiger partial charge < -0.3 is 19.9 Å². The number of nitrogens with one attached hydrogen (secondary N) is 1. The van der Waals surface area contributed by atoms with Crippen molar-refractivity contribution in [2.24, 2.45) is 26.8 Å². The topological polar surface area (TPSA) is 105 Å². The minimum atomic E-state index is -0.225. The predicted molar refractivity (Wildman–Crippen MR) is 197 cm³/mol. The second kappa shape index (κ2) is 14.4. The molecule has 8 heteroatoms. The third-order valence-corrected chi connectivity index (χ3v) is 11.0. The van der Waals surface area contributed by atoms with Crippen molar-refractivity contribution in [1.29, 1.82) is 0 Å². The summed E-state index contributed by atoms with van der Waals surface area (Å²) in [4.78, 5) is 27.9. The number of hydrogen-bond donors (Lipinski definition) is 2. The molecule has 49 heavy (non-hydrogen) atoms. The number of aliphatic imine (C=N–C) groups is 3. The number of esters is 1. The van der Waals surface area contributed by atoms with Crippen molar-refractivity contribution in [3.05, 3.63) is 91.5 Å². The van der Waals surface area contributed by atoms with Crippen LogP contribution in [0, 0.1) is 11.8 Å². The summed E-state index contributed by atoms with van der Waals surface area (Å²) in [5.74, 6) is 0.227. The highest BCUT2D eigenvalue weighted by Crippen LogP contribution is 2.46. The number of hydrogen-bond acceptors (Lipinski definition) is 8. The molecule has 260 valence electrons. The number of fused-ring (bicyclic) bond motifs is 5. The van der Waals surface area contributed by atoms with E-state index >= 15 is 0 Å². The van der Waals surface area contributed by atoms with Gasteiger partial charge >= 0.3 is 5.97 Å². The number of carbonyl (C=O) groups is 1. The highest BCUT2D eigenvalue weighted by Gasteiger charge is 2.41. The first-order valence-electron chi connectivity index (χ1n) is 18.2. The van der Waals surface area contributed by atoms with Crippen molar-refractivity contribution < 1.29 is 19.4 Å². The van der Waals surface area contributed by atoms with E-state index in [-0.39, 0.29) is 23.9 Å². The number of aliphatic hydroxyl groups excluding tert-OH is 1. The maximum atomic E-state index is 12.3. The van der Waals surface area contributed by atoms with Crippen LogP contribution < -0.4 is 5.32 Å². The van der Waals surface area contributed by atoms with Gasteiger partial charge in [-0.2, -0.15) is 0 Å². The third kappa shape index (κ3) is 6.52. The summed E-state index contributed by atoms with van der Waals surface area (Å²) < 4.78 is 11.5. The first-order valence-corrected chi connectivity index (χ1v) is 18.2. The molecule has 0 radical (unpaired) electrons. The predicted octanol–water partition coefficient (Wildman–Crippen LogP) is 8.99. The molecule has 0 aromatic carbocycles. The lowest BCUT2D eigenvalue weighted by atomic mass is 9.86. The lowest BCUT2D eigenvalue weighted by Crippen LogP contribution is -2.16. The van der Waals surface area contributed by atoms with Crippen LogP contribution in [0.25, 0.3) is 0 Å². The van der Waals surface area contributed by atoms with Gasteiger partial charge in [-0.3, -0.25) is 4.79 Å². The van der Waals surface area contributed by atoms with Crippen molar-refractivity contribution in [2.75, 3.05) is 13.7 Å². The Bertz CT molecular complexity index is 1800. The Kier molecular flexibility index (Phi) is 10.3. The fraction of sp³-hybridized carbons (Fsp3) is 0.512. The van der Waals surface area contributed by atoms with E-state index in [4.69, 9.17) is 24.5 Å². The highest BCUT2D eigenvalue weighted by atomic mass is 16.5. The lowest BCUT2D eigenvalue weighted by Gasteiger charge is -2.17. The third-order valence-electron chi connectivity index (χ3n) is 11.0. The molecule has 6 aliphatic rings. The fourth-order valence-electron chi connectivity index (χ4n) is 8.06. The van der Waals surface area contributed by atoms with Crippen LogP contribution in [0.15, 0.2) is 106 Å². The van der Waals surface area contributed by atoms with Crippen molar-refractivity contribution in [3.8, 4) is 0 Å². The Labute approximate surface area is 291 Å². The van der Waals surface area contributed by atoms with Gasteiger partial charge in [0, 0.05) is 59.4 Å². The van der Waals surface area contributed by atoms with Crippen LogP contribution in [0.5, 0.6) is 0 Å². The summed E-state index contributed by atoms with van der Waals surface area (Å²) >= 11 is 0. The summed E-state index contributed by atoms with van der Waals surface area (Å²) in [7, 11) is 1.43. The zero-order valence-electron chi connectivity index (χ0n) is 30.5. The molecule has 0 aromatic rings. The average Bonchev–Trinajstić information content (AvgIpc) is 3.83. The molecule has 5 heterocycles. The molecule has 5 aliphatic heterocycles. The number of nitrogens with zero attached hydrogens (tertiary/aromatic N) is 3. The van der Waals surface area contributed by atoms with Gasteiger partial charge in [-0.25, -0.2) is 15.0 Å². The molecule has 0 saturated carbocycles. The zero-order valence-corrected chi connectivity index (χ0v) is 30.5. The molecule has 8 nitrogen and oxygen atoms in total. The molecule has 0 aromatic heterocycles. The molecule has 1 fully saturated rings. The quantitative estimate of drug-likeness (QED) is 0.160. The Morgan fingerprint density at radius 1 is 0.980 bits per heavy atom. The highest BCUT2D eigenvalue weighted by molar-refractivity contribution is 6.21. The summed E-state index contributed by atoms with van der Waals surface area (Å²) in [6.45, 7) is 15.8. The Hall–Kier alpha value is -4.04.